The zero-order chi connectivity index (χ0) is 38.2. The molecule has 3 heteroatoms. The molecule has 0 atom stereocenters. The molecule has 8 aromatic carbocycles. The number of fused-ring (bicyclic) bond motifs is 3. The predicted octanol–water partition coefficient (Wildman–Crippen LogP) is 13.0. The molecule has 0 saturated heterocycles. The molecule has 1 aromatic heterocycles. The Kier molecular flexibility index (Phi) is 8.43. The largest absolute Gasteiger partial charge is 0.228 e. The molecule has 1 aliphatic carbocycles. The molecule has 0 amide bonds. The van der Waals surface area contributed by atoms with Crippen molar-refractivity contribution in [2.45, 2.75) is 5.41 Å². The molecule has 0 aliphatic heterocycles. The molecular weight excluding hydrogens is 691 g/mol. The van der Waals surface area contributed by atoms with Crippen molar-refractivity contribution in [3.63, 3.8) is 0 Å². The summed E-state index contributed by atoms with van der Waals surface area (Å²) in [6.45, 7) is 0. The molecular formula is C54H35N3. The molecule has 0 radical (unpaired) electrons. The standard InChI is InChI=1S/C54H35N3/c55-36-37-25-27-38(28-26-37)46-33-48-45-23-13-14-24-49(45)54(43-19-9-3-10-20-43,44-21-11-4-12-22-44)50(48)34-47(46)39-29-31-41(32-30-39)52-35-51(40-15-5-1-6-16-40)56-53(57-52)42-17-7-2-8-18-42/h1-35H. The van der Waals surface area contributed by atoms with E-state index in [9.17, 15) is 5.26 Å². The summed E-state index contributed by atoms with van der Waals surface area (Å²) in [5.74, 6) is 0.690. The Morgan fingerprint density at radius 3 is 1.39 bits per heavy atom. The zero-order valence-corrected chi connectivity index (χ0v) is 31.0. The predicted molar refractivity (Wildman–Crippen MR) is 231 cm³/mol. The van der Waals surface area contributed by atoms with Gasteiger partial charge < -0.3 is 0 Å². The SMILES string of the molecule is N#Cc1ccc(-c2cc3c(cc2-c2ccc(-c4cc(-c5ccccc5)nc(-c5ccccc5)n4)cc2)C(c2ccccc2)(c2ccccc2)c2ccccc2-3)cc1. The van der Waals surface area contributed by atoms with Crippen LogP contribution in [0.3, 0.4) is 0 Å². The van der Waals surface area contributed by atoms with E-state index in [1.807, 2.05) is 48.5 Å². The van der Waals surface area contributed by atoms with Crippen LogP contribution in [-0.2, 0) is 5.41 Å². The van der Waals surface area contributed by atoms with Crippen LogP contribution in [-0.4, -0.2) is 9.97 Å². The molecule has 10 rings (SSSR count). The molecule has 0 fully saturated rings. The molecule has 0 bridgehead atoms. The van der Waals surface area contributed by atoms with Crippen molar-refractivity contribution in [2.75, 3.05) is 0 Å². The maximum Gasteiger partial charge on any atom is 0.160 e. The van der Waals surface area contributed by atoms with Gasteiger partial charge in [-0.1, -0.05) is 182 Å². The van der Waals surface area contributed by atoms with Gasteiger partial charge in [0.15, 0.2) is 5.82 Å². The minimum absolute atomic E-state index is 0.533. The van der Waals surface area contributed by atoms with Gasteiger partial charge in [-0.25, -0.2) is 9.97 Å². The maximum absolute atomic E-state index is 9.67. The van der Waals surface area contributed by atoms with Crippen molar-refractivity contribution < 1.29 is 0 Å². The Balaban J connectivity index is 1.19. The lowest BCUT2D eigenvalue weighted by Gasteiger charge is -2.34. The van der Waals surface area contributed by atoms with Gasteiger partial charge in [0.05, 0.1) is 28.4 Å². The third-order valence-corrected chi connectivity index (χ3v) is 11.2. The van der Waals surface area contributed by atoms with Crippen molar-refractivity contribution in [3.8, 4) is 73.4 Å². The molecule has 1 heterocycles. The van der Waals surface area contributed by atoms with E-state index in [4.69, 9.17) is 9.97 Å². The number of rotatable bonds is 7. The number of nitriles is 1. The summed E-state index contributed by atoms with van der Waals surface area (Å²) >= 11 is 0. The second-order valence-corrected chi connectivity index (χ2v) is 14.4. The first-order chi connectivity index (χ1) is 28.2. The average Bonchev–Trinajstić information content (AvgIpc) is 3.60. The molecule has 0 N–H and O–H groups in total. The van der Waals surface area contributed by atoms with Crippen LogP contribution < -0.4 is 0 Å². The molecule has 266 valence electrons. The number of nitrogens with zero attached hydrogens (tertiary/aromatic N) is 3. The lowest BCUT2D eigenvalue weighted by molar-refractivity contribution is 0.769. The summed E-state index contributed by atoms with van der Waals surface area (Å²) < 4.78 is 0. The quantitative estimate of drug-likeness (QED) is 0.164. The second-order valence-electron chi connectivity index (χ2n) is 14.4. The van der Waals surface area contributed by atoms with Gasteiger partial charge in [-0.15, -0.1) is 0 Å². The van der Waals surface area contributed by atoms with Gasteiger partial charge >= 0.3 is 0 Å². The van der Waals surface area contributed by atoms with E-state index in [-0.39, 0.29) is 0 Å². The van der Waals surface area contributed by atoms with E-state index >= 15 is 0 Å². The fourth-order valence-corrected chi connectivity index (χ4v) is 8.58. The Labute approximate surface area is 332 Å². The number of hydrogen-bond acceptors (Lipinski definition) is 3. The zero-order valence-electron chi connectivity index (χ0n) is 31.0. The van der Waals surface area contributed by atoms with E-state index in [1.54, 1.807) is 0 Å². The Morgan fingerprint density at radius 1 is 0.351 bits per heavy atom. The van der Waals surface area contributed by atoms with E-state index in [2.05, 4.69) is 170 Å². The van der Waals surface area contributed by atoms with Crippen LogP contribution in [0, 0.1) is 11.3 Å². The lowest BCUT2D eigenvalue weighted by atomic mass is 9.67. The molecule has 3 nitrogen and oxygen atoms in total. The number of benzene rings is 8. The minimum Gasteiger partial charge on any atom is -0.228 e. The maximum atomic E-state index is 9.67. The Hall–Kier alpha value is -7.67. The van der Waals surface area contributed by atoms with Crippen LogP contribution in [0.2, 0.25) is 0 Å². The normalized spacial score (nSPS) is 12.3. The molecule has 9 aromatic rings. The second kappa shape index (κ2) is 14.2. The van der Waals surface area contributed by atoms with Gasteiger partial charge in [-0.2, -0.15) is 5.26 Å². The van der Waals surface area contributed by atoms with E-state index in [0.29, 0.717) is 11.4 Å². The van der Waals surface area contributed by atoms with Crippen LogP contribution in [0.4, 0.5) is 0 Å². The summed E-state index contributed by atoms with van der Waals surface area (Å²) in [4.78, 5) is 10.1. The highest BCUT2D eigenvalue weighted by Crippen LogP contribution is 2.58. The summed E-state index contributed by atoms with van der Waals surface area (Å²) in [7, 11) is 0. The highest BCUT2D eigenvalue weighted by atomic mass is 14.9. The summed E-state index contributed by atoms with van der Waals surface area (Å²) in [5, 5.41) is 9.67. The first kappa shape index (κ1) is 33.9. The van der Waals surface area contributed by atoms with Crippen LogP contribution in [0.5, 0.6) is 0 Å². The summed E-state index contributed by atoms with van der Waals surface area (Å²) in [5.41, 5.74) is 16.6. The Bertz CT molecular complexity index is 2820. The van der Waals surface area contributed by atoms with Gasteiger partial charge in [-0.05, 0) is 86.0 Å². The molecule has 57 heavy (non-hydrogen) atoms. The highest BCUT2D eigenvalue weighted by Gasteiger charge is 2.46. The first-order valence-electron chi connectivity index (χ1n) is 19.2. The van der Waals surface area contributed by atoms with Crippen molar-refractivity contribution in [1.29, 1.82) is 5.26 Å². The Morgan fingerprint density at radius 2 is 0.807 bits per heavy atom. The van der Waals surface area contributed by atoms with Gasteiger partial charge in [0.2, 0.25) is 0 Å². The van der Waals surface area contributed by atoms with Crippen LogP contribution in [0.25, 0.3) is 67.3 Å². The van der Waals surface area contributed by atoms with E-state index in [0.717, 1.165) is 50.3 Å². The molecule has 0 saturated carbocycles. The summed E-state index contributed by atoms with van der Waals surface area (Å²) in [6.07, 6.45) is 0. The molecule has 0 unspecified atom stereocenters. The highest BCUT2D eigenvalue weighted by molar-refractivity contribution is 5.95. The monoisotopic (exact) mass is 725 g/mol. The summed E-state index contributed by atoms with van der Waals surface area (Å²) in [6, 6.07) is 77.0. The first-order valence-corrected chi connectivity index (χ1v) is 19.2. The van der Waals surface area contributed by atoms with E-state index in [1.165, 1.54) is 33.4 Å². The van der Waals surface area contributed by atoms with Crippen molar-refractivity contribution in [3.05, 3.63) is 240 Å². The van der Waals surface area contributed by atoms with Crippen molar-refractivity contribution in [1.82, 2.24) is 9.97 Å². The molecule has 0 spiro atoms. The van der Waals surface area contributed by atoms with Gasteiger partial charge in [-0.3, -0.25) is 0 Å². The number of aromatic nitrogens is 2. The van der Waals surface area contributed by atoms with Crippen molar-refractivity contribution >= 4 is 0 Å². The van der Waals surface area contributed by atoms with Gasteiger partial charge in [0.1, 0.15) is 0 Å². The lowest BCUT2D eigenvalue weighted by Crippen LogP contribution is -2.28. The van der Waals surface area contributed by atoms with Crippen molar-refractivity contribution in [2.24, 2.45) is 0 Å². The smallest absolute Gasteiger partial charge is 0.160 e. The van der Waals surface area contributed by atoms with Gasteiger partial charge in [0.25, 0.3) is 0 Å². The third-order valence-electron chi connectivity index (χ3n) is 11.2. The number of hydrogen-bond donors (Lipinski definition) is 0. The third kappa shape index (κ3) is 5.84. The van der Waals surface area contributed by atoms with Crippen LogP contribution in [0.15, 0.2) is 212 Å². The van der Waals surface area contributed by atoms with Crippen LogP contribution >= 0.6 is 0 Å². The topological polar surface area (TPSA) is 49.6 Å². The minimum atomic E-state index is -0.533. The van der Waals surface area contributed by atoms with Gasteiger partial charge in [0, 0.05) is 16.7 Å². The molecule has 1 aliphatic rings. The fourth-order valence-electron chi connectivity index (χ4n) is 8.58. The fraction of sp³-hybridized carbons (Fsp3) is 0.0185. The van der Waals surface area contributed by atoms with E-state index < -0.39 is 5.41 Å². The average molecular weight is 726 g/mol. The van der Waals surface area contributed by atoms with Crippen LogP contribution in [0.1, 0.15) is 27.8 Å².